The molecule has 0 bridgehead atoms. The third-order valence-corrected chi connectivity index (χ3v) is 4.65. The van der Waals surface area contributed by atoms with Crippen molar-refractivity contribution in [2.75, 3.05) is 26.3 Å². The Labute approximate surface area is 140 Å². The molecule has 8 nitrogen and oxygen atoms in total. The Hall–Kier alpha value is -2.22. The molecule has 1 aromatic rings. The highest BCUT2D eigenvalue weighted by Crippen LogP contribution is 2.38. The fourth-order valence-electron chi connectivity index (χ4n) is 3.41. The zero-order valence-electron chi connectivity index (χ0n) is 14.0. The molecule has 2 aliphatic heterocycles. The van der Waals surface area contributed by atoms with Gasteiger partial charge in [-0.15, -0.1) is 0 Å². The monoisotopic (exact) mass is 334 g/mol. The molecule has 0 saturated carbocycles. The molecule has 8 heteroatoms. The highest BCUT2D eigenvalue weighted by molar-refractivity contribution is 6.06. The first-order valence-corrected chi connectivity index (χ1v) is 8.21. The quantitative estimate of drug-likeness (QED) is 0.609. The van der Waals surface area contributed by atoms with Gasteiger partial charge in [-0.2, -0.15) is 5.10 Å². The minimum absolute atomic E-state index is 0.156. The zero-order valence-corrected chi connectivity index (χ0v) is 14.0. The Morgan fingerprint density at radius 1 is 1.46 bits per heavy atom. The summed E-state index contributed by atoms with van der Waals surface area (Å²) in [6.45, 7) is 6.09. The fraction of sp³-hybridized carbons (Fsp3) is 0.625. The number of hydrogen-bond acceptors (Lipinski definition) is 5. The highest BCUT2D eigenvalue weighted by Gasteiger charge is 2.52. The van der Waals surface area contributed by atoms with Crippen molar-refractivity contribution in [3.63, 3.8) is 0 Å². The highest BCUT2D eigenvalue weighted by atomic mass is 16.5. The first-order valence-electron chi connectivity index (χ1n) is 8.21. The van der Waals surface area contributed by atoms with Gasteiger partial charge in [0.15, 0.2) is 0 Å². The Bertz CT molecular complexity index is 684. The first-order chi connectivity index (χ1) is 11.4. The third-order valence-electron chi connectivity index (χ3n) is 4.65. The number of amides is 3. The molecular weight excluding hydrogens is 312 g/mol. The maximum atomic E-state index is 12.8. The van der Waals surface area contributed by atoms with Crippen molar-refractivity contribution in [3.05, 3.63) is 17.5 Å². The summed E-state index contributed by atoms with van der Waals surface area (Å²) < 4.78 is 6.98. The van der Waals surface area contributed by atoms with E-state index in [2.05, 4.69) is 10.4 Å². The van der Waals surface area contributed by atoms with Gasteiger partial charge in [0.25, 0.3) is 5.91 Å². The molecular formula is C16H22N4O4. The lowest BCUT2D eigenvalue weighted by Crippen LogP contribution is -2.37. The minimum atomic E-state index is -0.752. The Balaban J connectivity index is 1.74. The lowest BCUT2D eigenvalue weighted by Gasteiger charge is -2.20. The van der Waals surface area contributed by atoms with Gasteiger partial charge in [-0.3, -0.25) is 24.4 Å². The van der Waals surface area contributed by atoms with Gasteiger partial charge in [-0.1, -0.05) is 0 Å². The smallest absolute Gasteiger partial charge is 0.272 e. The van der Waals surface area contributed by atoms with Crippen molar-refractivity contribution in [1.82, 2.24) is 20.0 Å². The summed E-state index contributed by atoms with van der Waals surface area (Å²) in [6.07, 6.45) is 0.681. The van der Waals surface area contributed by atoms with Crippen LogP contribution in [0.25, 0.3) is 0 Å². The SMILES string of the molecule is CCOCCn1nc(C)cc1C(=O)N1CC[C@]2(CC(=O)NC2=O)C1. The van der Waals surface area contributed by atoms with Crippen molar-refractivity contribution >= 4 is 17.7 Å². The van der Waals surface area contributed by atoms with Crippen LogP contribution in [0.4, 0.5) is 0 Å². The van der Waals surface area contributed by atoms with Gasteiger partial charge in [0, 0.05) is 26.1 Å². The molecule has 1 aromatic heterocycles. The molecule has 3 rings (SSSR count). The molecule has 0 unspecified atom stereocenters. The number of imide groups is 1. The van der Waals surface area contributed by atoms with Crippen LogP contribution >= 0.6 is 0 Å². The van der Waals surface area contributed by atoms with Crippen LogP contribution < -0.4 is 5.32 Å². The summed E-state index contributed by atoms with van der Waals surface area (Å²) in [5.41, 5.74) is 0.504. The van der Waals surface area contributed by atoms with Crippen LogP contribution in [0.2, 0.25) is 0 Å². The maximum absolute atomic E-state index is 12.8. The summed E-state index contributed by atoms with van der Waals surface area (Å²) in [6, 6.07) is 1.75. The van der Waals surface area contributed by atoms with E-state index in [-0.39, 0.29) is 30.7 Å². The number of carbonyl (C=O) groups excluding carboxylic acids is 3. The molecule has 0 aromatic carbocycles. The van der Waals surface area contributed by atoms with Gasteiger partial charge in [-0.25, -0.2) is 0 Å². The zero-order chi connectivity index (χ0) is 17.3. The van der Waals surface area contributed by atoms with Crippen molar-refractivity contribution in [3.8, 4) is 0 Å². The van der Waals surface area contributed by atoms with Crippen molar-refractivity contribution in [2.45, 2.75) is 33.2 Å². The molecule has 1 N–H and O–H groups in total. The Kier molecular flexibility index (Phi) is 4.40. The predicted molar refractivity (Wildman–Crippen MR) is 84.2 cm³/mol. The standard InChI is InChI=1S/C16H22N4O4/c1-3-24-7-6-20-12(8-11(2)18-20)14(22)19-5-4-16(10-19)9-13(21)17-15(16)23/h8H,3-7,9-10H2,1-2H3,(H,17,21,23)/t16-/m0/s1. The molecule has 3 heterocycles. The lowest BCUT2D eigenvalue weighted by atomic mass is 9.85. The molecule has 130 valence electrons. The van der Waals surface area contributed by atoms with E-state index in [0.717, 1.165) is 5.69 Å². The Morgan fingerprint density at radius 2 is 2.25 bits per heavy atom. The van der Waals surface area contributed by atoms with Gasteiger partial charge in [0.2, 0.25) is 11.8 Å². The minimum Gasteiger partial charge on any atom is -0.380 e. The molecule has 1 atom stereocenters. The number of nitrogens with zero attached hydrogens (tertiary/aromatic N) is 3. The van der Waals surface area contributed by atoms with Gasteiger partial charge in [0.05, 0.1) is 24.3 Å². The number of rotatable bonds is 5. The second-order valence-electron chi connectivity index (χ2n) is 6.40. The van der Waals surface area contributed by atoms with Gasteiger partial charge in [0.1, 0.15) is 5.69 Å². The van der Waals surface area contributed by atoms with E-state index in [1.807, 2.05) is 13.8 Å². The second kappa shape index (κ2) is 6.35. The van der Waals surface area contributed by atoms with Crippen LogP contribution in [-0.2, 0) is 20.9 Å². The molecule has 24 heavy (non-hydrogen) atoms. The van der Waals surface area contributed by atoms with Crippen LogP contribution in [-0.4, -0.2) is 58.7 Å². The molecule has 0 aliphatic carbocycles. The molecule has 2 aliphatic rings. The normalized spacial score (nSPS) is 23.3. The van der Waals surface area contributed by atoms with E-state index >= 15 is 0 Å². The van der Waals surface area contributed by atoms with Gasteiger partial charge < -0.3 is 9.64 Å². The summed E-state index contributed by atoms with van der Waals surface area (Å²) in [5, 5.41) is 6.70. The second-order valence-corrected chi connectivity index (χ2v) is 6.40. The number of likely N-dealkylation sites (tertiary alicyclic amines) is 1. The summed E-state index contributed by atoms with van der Waals surface area (Å²) >= 11 is 0. The molecule has 0 radical (unpaired) electrons. The maximum Gasteiger partial charge on any atom is 0.272 e. The van der Waals surface area contributed by atoms with Gasteiger partial charge in [-0.05, 0) is 26.3 Å². The summed E-state index contributed by atoms with van der Waals surface area (Å²) in [4.78, 5) is 38.1. The lowest BCUT2D eigenvalue weighted by molar-refractivity contribution is -0.128. The van der Waals surface area contributed by atoms with Crippen LogP contribution in [0.3, 0.4) is 0 Å². The van der Waals surface area contributed by atoms with Crippen molar-refractivity contribution in [2.24, 2.45) is 5.41 Å². The largest absolute Gasteiger partial charge is 0.380 e. The summed E-state index contributed by atoms with van der Waals surface area (Å²) in [5.74, 6) is -0.674. The Morgan fingerprint density at radius 3 is 2.92 bits per heavy atom. The predicted octanol–water partition coefficient (Wildman–Crippen LogP) is 0.107. The van der Waals surface area contributed by atoms with E-state index in [4.69, 9.17) is 4.74 Å². The van der Waals surface area contributed by atoms with Crippen molar-refractivity contribution in [1.29, 1.82) is 0 Å². The van der Waals surface area contributed by atoms with Crippen molar-refractivity contribution < 1.29 is 19.1 Å². The van der Waals surface area contributed by atoms with E-state index in [0.29, 0.717) is 38.4 Å². The molecule has 1 spiro atoms. The number of ether oxygens (including phenoxy) is 1. The number of aryl methyl sites for hydroxylation is 1. The van der Waals surface area contributed by atoms with E-state index in [1.54, 1.807) is 15.6 Å². The first kappa shape index (κ1) is 16.6. The van der Waals surface area contributed by atoms with Crippen LogP contribution in [0.1, 0.15) is 35.9 Å². The number of hydrogen-bond donors (Lipinski definition) is 1. The summed E-state index contributed by atoms with van der Waals surface area (Å²) in [7, 11) is 0. The van der Waals surface area contributed by atoms with Crippen LogP contribution in [0.15, 0.2) is 6.07 Å². The fourth-order valence-corrected chi connectivity index (χ4v) is 3.41. The van der Waals surface area contributed by atoms with E-state index < -0.39 is 5.41 Å². The van der Waals surface area contributed by atoms with Crippen LogP contribution in [0, 0.1) is 12.3 Å². The number of nitrogens with one attached hydrogen (secondary N) is 1. The average molecular weight is 334 g/mol. The molecule has 3 amide bonds. The molecule has 2 saturated heterocycles. The molecule has 2 fully saturated rings. The number of aromatic nitrogens is 2. The van der Waals surface area contributed by atoms with E-state index in [1.165, 1.54) is 0 Å². The van der Waals surface area contributed by atoms with E-state index in [9.17, 15) is 14.4 Å². The third kappa shape index (κ3) is 2.93. The number of carbonyl (C=O) groups is 3. The average Bonchev–Trinajstić information content (AvgIpc) is 3.18. The van der Waals surface area contributed by atoms with Gasteiger partial charge >= 0.3 is 0 Å². The van der Waals surface area contributed by atoms with Crippen LogP contribution in [0.5, 0.6) is 0 Å². The topological polar surface area (TPSA) is 93.5 Å².